The maximum absolute atomic E-state index is 11.1. The Kier molecular flexibility index (Phi) is 2.62. The average molecular weight is 260 g/mol. The second-order valence-corrected chi connectivity index (χ2v) is 4.86. The van der Waals surface area contributed by atoms with Crippen LogP contribution in [0.5, 0.6) is 0 Å². The molecular weight excluding hydrogens is 254 g/mol. The van der Waals surface area contributed by atoms with Crippen molar-refractivity contribution in [2.45, 2.75) is 4.90 Å². The van der Waals surface area contributed by atoms with Crippen LogP contribution in [0, 0.1) is 0 Å². The minimum atomic E-state index is -3.82. The molecule has 0 amide bonds. The first-order valence-electron chi connectivity index (χ1n) is 4.04. The quantitative estimate of drug-likeness (QED) is 0.798. The number of benzene rings is 1. The van der Waals surface area contributed by atoms with Crippen LogP contribution >= 0.6 is 11.6 Å². The van der Waals surface area contributed by atoms with Crippen molar-refractivity contribution in [1.29, 1.82) is 0 Å². The van der Waals surface area contributed by atoms with Crippen LogP contribution in [0.3, 0.4) is 0 Å². The summed E-state index contributed by atoms with van der Waals surface area (Å²) in [5.41, 5.74) is 0.547. The van der Waals surface area contributed by atoms with Crippen LogP contribution in [0.4, 0.5) is 0 Å². The molecule has 1 heterocycles. The van der Waals surface area contributed by atoms with Gasteiger partial charge in [0.05, 0.1) is 5.02 Å². The lowest BCUT2D eigenvalue weighted by Gasteiger charge is -2.02. The van der Waals surface area contributed by atoms with Gasteiger partial charge in [-0.2, -0.15) is 5.21 Å². The fourth-order valence-corrected chi connectivity index (χ4v) is 2.25. The van der Waals surface area contributed by atoms with Gasteiger partial charge in [0, 0.05) is 5.56 Å². The van der Waals surface area contributed by atoms with Gasteiger partial charge in [0.1, 0.15) is 4.90 Å². The van der Waals surface area contributed by atoms with Crippen molar-refractivity contribution in [2.24, 2.45) is 5.14 Å². The number of sulfonamides is 1. The molecule has 84 valence electrons. The highest BCUT2D eigenvalue weighted by Crippen LogP contribution is 2.25. The summed E-state index contributed by atoms with van der Waals surface area (Å²) in [4.78, 5) is -0.138. The molecule has 1 aromatic carbocycles. The van der Waals surface area contributed by atoms with Crippen molar-refractivity contribution in [3.05, 3.63) is 23.2 Å². The Morgan fingerprint density at radius 3 is 2.62 bits per heavy atom. The topological polar surface area (TPSA) is 115 Å². The van der Waals surface area contributed by atoms with Crippen molar-refractivity contribution in [2.75, 3.05) is 0 Å². The lowest BCUT2D eigenvalue weighted by atomic mass is 10.2. The summed E-state index contributed by atoms with van der Waals surface area (Å²) in [6.07, 6.45) is 0. The summed E-state index contributed by atoms with van der Waals surface area (Å²) in [7, 11) is -3.82. The van der Waals surface area contributed by atoms with Gasteiger partial charge in [-0.15, -0.1) is 10.2 Å². The van der Waals surface area contributed by atoms with Crippen LogP contribution in [-0.4, -0.2) is 29.0 Å². The molecule has 0 saturated heterocycles. The third kappa shape index (κ3) is 2.03. The number of aromatic amines is 1. The van der Waals surface area contributed by atoms with Gasteiger partial charge < -0.3 is 0 Å². The van der Waals surface area contributed by atoms with E-state index in [-0.39, 0.29) is 9.92 Å². The number of rotatable bonds is 2. The van der Waals surface area contributed by atoms with Gasteiger partial charge in [0.15, 0.2) is 0 Å². The molecule has 0 aliphatic rings. The van der Waals surface area contributed by atoms with Crippen LogP contribution in [0.15, 0.2) is 23.1 Å². The molecule has 0 aliphatic carbocycles. The fraction of sp³-hybridized carbons (Fsp3) is 0. The highest BCUT2D eigenvalue weighted by atomic mass is 35.5. The summed E-state index contributed by atoms with van der Waals surface area (Å²) in [6.45, 7) is 0. The van der Waals surface area contributed by atoms with E-state index in [1.165, 1.54) is 18.2 Å². The first-order valence-corrected chi connectivity index (χ1v) is 5.97. The lowest BCUT2D eigenvalue weighted by molar-refractivity contribution is 0.598. The number of nitrogens with two attached hydrogens (primary N) is 1. The number of hydrogen-bond acceptors (Lipinski definition) is 5. The van der Waals surface area contributed by atoms with E-state index in [1.807, 2.05) is 0 Å². The van der Waals surface area contributed by atoms with Crippen molar-refractivity contribution in [1.82, 2.24) is 20.6 Å². The molecule has 0 unspecified atom stereocenters. The van der Waals surface area contributed by atoms with E-state index < -0.39 is 10.0 Å². The van der Waals surface area contributed by atoms with E-state index in [0.29, 0.717) is 11.4 Å². The molecule has 2 rings (SSSR count). The number of primary sulfonamides is 1. The smallest absolute Gasteiger partial charge is 0.225 e. The van der Waals surface area contributed by atoms with Gasteiger partial charge in [-0.05, 0) is 23.4 Å². The first kappa shape index (κ1) is 11.0. The molecule has 0 fully saturated rings. The number of tetrazole rings is 1. The van der Waals surface area contributed by atoms with E-state index in [0.717, 1.165) is 0 Å². The number of nitrogens with one attached hydrogen (secondary N) is 1. The lowest BCUT2D eigenvalue weighted by Crippen LogP contribution is -2.12. The van der Waals surface area contributed by atoms with Crippen LogP contribution in [-0.2, 0) is 10.0 Å². The molecule has 7 nitrogen and oxygen atoms in total. The zero-order chi connectivity index (χ0) is 11.8. The Hall–Kier alpha value is -1.51. The zero-order valence-electron chi connectivity index (χ0n) is 7.75. The number of halogens is 1. The zero-order valence-corrected chi connectivity index (χ0v) is 9.33. The molecule has 0 saturated carbocycles. The molecule has 9 heteroatoms. The van der Waals surface area contributed by atoms with Crippen LogP contribution < -0.4 is 5.14 Å². The molecule has 0 aliphatic heterocycles. The molecule has 2 aromatic rings. The highest BCUT2D eigenvalue weighted by molar-refractivity contribution is 7.89. The molecular formula is C7H6ClN5O2S. The predicted octanol–water partition coefficient (Wildman–Crippen LogP) is 0.167. The second-order valence-electron chi connectivity index (χ2n) is 2.93. The van der Waals surface area contributed by atoms with Crippen molar-refractivity contribution < 1.29 is 8.42 Å². The Morgan fingerprint density at radius 2 is 2.12 bits per heavy atom. The van der Waals surface area contributed by atoms with Gasteiger partial charge in [-0.1, -0.05) is 11.6 Å². The second kappa shape index (κ2) is 3.81. The highest BCUT2D eigenvalue weighted by Gasteiger charge is 2.14. The largest absolute Gasteiger partial charge is 0.239 e. The number of nitrogens with zero attached hydrogens (tertiary/aromatic N) is 3. The van der Waals surface area contributed by atoms with Crippen LogP contribution in [0.25, 0.3) is 11.4 Å². The monoisotopic (exact) mass is 259 g/mol. The van der Waals surface area contributed by atoms with E-state index >= 15 is 0 Å². The molecule has 0 spiro atoms. The van der Waals surface area contributed by atoms with Crippen LogP contribution in [0.1, 0.15) is 0 Å². The molecule has 1 aromatic heterocycles. The number of hydrogen-bond donors (Lipinski definition) is 2. The Balaban J connectivity index is 2.53. The standard InChI is InChI=1S/C7H6ClN5O2S/c8-5-3-4(7-10-12-13-11-7)1-2-6(5)16(9,14)15/h1-3H,(H2,9,14,15)(H,10,11,12,13). The van der Waals surface area contributed by atoms with Gasteiger partial charge in [-0.25, -0.2) is 13.6 Å². The SMILES string of the molecule is NS(=O)(=O)c1ccc(-c2nn[nH]n2)cc1Cl. The number of aromatic nitrogens is 4. The fourth-order valence-electron chi connectivity index (χ4n) is 1.15. The number of H-pyrrole nitrogens is 1. The van der Waals surface area contributed by atoms with Crippen molar-refractivity contribution in [3.63, 3.8) is 0 Å². The summed E-state index contributed by atoms with van der Waals surface area (Å²) in [5, 5.41) is 18.1. The average Bonchev–Trinajstić information content (AvgIpc) is 2.68. The summed E-state index contributed by atoms with van der Waals surface area (Å²) in [6, 6.07) is 4.20. The molecule has 3 N–H and O–H groups in total. The molecule has 0 radical (unpaired) electrons. The molecule has 16 heavy (non-hydrogen) atoms. The minimum Gasteiger partial charge on any atom is -0.225 e. The Labute approximate surface area is 95.7 Å². The molecule has 0 atom stereocenters. The summed E-state index contributed by atoms with van der Waals surface area (Å²) < 4.78 is 22.2. The van der Waals surface area contributed by atoms with E-state index in [1.54, 1.807) is 0 Å². The first-order chi connectivity index (χ1) is 7.48. The van der Waals surface area contributed by atoms with E-state index in [2.05, 4.69) is 20.6 Å². The third-order valence-corrected chi connectivity index (χ3v) is 3.24. The molecule has 0 bridgehead atoms. The van der Waals surface area contributed by atoms with Gasteiger partial charge in [0.2, 0.25) is 15.8 Å². The third-order valence-electron chi connectivity index (χ3n) is 1.84. The maximum Gasteiger partial charge on any atom is 0.239 e. The van der Waals surface area contributed by atoms with Crippen molar-refractivity contribution >= 4 is 21.6 Å². The maximum atomic E-state index is 11.1. The summed E-state index contributed by atoms with van der Waals surface area (Å²) in [5.74, 6) is 0.322. The van der Waals surface area contributed by atoms with Crippen LogP contribution in [0.2, 0.25) is 5.02 Å². The predicted molar refractivity (Wildman–Crippen MR) is 56.0 cm³/mol. The Morgan fingerprint density at radius 1 is 1.38 bits per heavy atom. The Bertz CT molecular complexity index is 610. The summed E-state index contributed by atoms with van der Waals surface area (Å²) >= 11 is 5.79. The van der Waals surface area contributed by atoms with Gasteiger partial charge in [-0.3, -0.25) is 0 Å². The van der Waals surface area contributed by atoms with Gasteiger partial charge in [0.25, 0.3) is 0 Å². The van der Waals surface area contributed by atoms with E-state index in [4.69, 9.17) is 16.7 Å². The van der Waals surface area contributed by atoms with Gasteiger partial charge >= 0.3 is 0 Å². The van der Waals surface area contributed by atoms with E-state index in [9.17, 15) is 8.42 Å². The normalized spacial score (nSPS) is 11.6. The van der Waals surface area contributed by atoms with Crippen molar-refractivity contribution in [3.8, 4) is 11.4 Å². The minimum absolute atomic E-state index is 0.0183.